The maximum atomic E-state index is 9.45. The van der Waals surface area contributed by atoms with Crippen LogP contribution in [-0.4, -0.2) is 37.1 Å². The Hall–Kier alpha value is -0.120. The minimum Gasteiger partial charge on any atom is -0.396 e. The van der Waals surface area contributed by atoms with Gasteiger partial charge in [-0.15, -0.1) is 0 Å². The monoisotopic (exact) mass is 202 g/mol. The van der Waals surface area contributed by atoms with Crippen molar-refractivity contribution < 1.29 is 14.9 Å². The molecular weight excluding hydrogens is 180 g/mol. The van der Waals surface area contributed by atoms with Gasteiger partial charge in [-0.05, 0) is 25.2 Å². The largest absolute Gasteiger partial charge is 0.396 e. The van der Waals surface area contributed by atoms with Crippen LogP contribution in [0.2, 0.25) is 0 Å². The van der Waals surface area contributed by atoms with Gasteiger partial charge in [-0.2, -0.15) is 0 Å². The van der Waals surface area contributed by atoms with Crippen molar-refractivity contribution in [1.29, 1.82) is 0 Å². The minimum atomic E-state index is -0.299. The molecule has 3 nitrogen and oxygen atoms in total. The van der Waals surface area contributed by atoms with E-state index in [1.54, 1.807) is 7.11 Å². The Balaban J connectivity index is 2.57. The molecule has 1 aliphatic carbocycles. The third-order valence-electron chi connectivity index (χ3n) is 3.66. The van der Waals surface area contributed by atoms with E-state index in [1.165, 1.54) is 12.8 Å². The Morgan fingerprint density at radius 2 is 1.79 bits per heavy atom. The highest BCUT2D eigenvalue weighted by atomic mass is 16.5. The summed E-state index contributed by atoms with van der Waals surface area (Å²) < 4.78 is 5.04. The van der Waals surface area contributed by atoms with Crippen molar-refractivity contribution >= 4 is 0 Å². The predicted molar refractivity (Wildman–Crippen MR) is 55.1 cm³/mol. The van der Waals surface area contributed by atoms with Gasteiger partial charge >= 0.3 is 0 Å². The summed E-state index contributed by atoms with van der Waals surface area (Å²) in [6.07, 6.45) is 5.52. The molecule has 0 amide bonds. The van der Waals surface area contributed by atoms with Crippen molar-refractivity contribution in [3.63, 3.8) is 0 Å². The van der Waals surface area contributed by atoms with Crippen molar-refractivity contribution in [2.24, 2.45) is 11.3 Å². The summed E-state index contributed by atoms with van der Waals surface area (Å²) in [5, 5.41) is 18.9. The van der Waals surface area contributed by atoms with E-state index in [9.17, 15) is 10.2 Å². The predicted octanol–water partition coefficient (Wildman–Crippen LogP) is 1.18. The standard InChI is InChI=1S/C11H22O3/c1-14-7-6-11(8-12,9-13)10-4-2-3-5-10/h10,12-13H,2-9H2,1H3. The average Bonchev–Trinajstić information content (AvgIpc) is 2.74. The summed E-state index contributed by atoms with van der Waals surface area (Å²) in [7, 11) is 1.66. The lowest BCUT2D eigenvalue weighted by Gasteiger charge is -2.35. The fourth-order valence-corrected chi connectivity index (χ4v) is 2.51. The van der Waals surface area contributed by atoms with Crippen molar-refractivity contribution in [2.75, 3.05) is 26.9 Å². The molecule has 1 fully saturated rings. The number of hydrogen-bond donors (Lipinski definition) is 2. The van der Waals surface area contributed by atoms with Gasteiger partial charge in [0.15, 0.2) is 0 Å². The third kappa shape index (κ3) is 2.47. The SMILES string of the molecule is COCCC(CO)(CO)C1CCCC1. The summed E-state index contributed by atoms with van der Waals surface area (Å²) >= 11 is 0. The van der Waals surface area contributed by atoms with Gasteiger partial charge in [0.05, 0.1) is 13.2 Å². The Bertz CT molecular complexity index is 149. The molecule has 14 heavy (non-hydrogen) atoms. The van der Waals surface area contributed by atoms with E-state index in [4.69, 9.17) is 4.74 Å². The van der Waals surface area contributed by atoms with E-state index in [0.29, 0.717) is 12.5 Å². The molecule has 0 radical (unpaired) electrons. The molecule has 0 heterocycles. The van der Waals surface area contributed by atoms with E-state index < -0.39 is 0 Å². The van der Waals surface area contributed by atoms with Crippen LogP contribution in [0.1, 0.15) is 32.1 Å². The lowest BCUT2D eigenvalue weighted by atomic mass is 9.73. The molecule has 0 bridgehead atoms. The Morgan fingerprint density at radius 3 is 2.21 bits per heavy atom. The van der Waals surface area contributed by atoms with Crippen LogP contribution in [0, 0.1) is 11.3 Å². The smallest absolute Gasteiger partial charge is 0.0512 e. The van der Waals surface area contributed by atoms with Gasteiger partial charge in [0.1, 0.15) is 0 Å². The Morgan fingerprint density at radius 1 is 1.21 bits per heavy atom. The van der Waals surface area contributed by atoms with E-state index in [2.05, 4.69) is 0 Å². The van der Waals surface area contributed by atoms with Gasteiger partial charge in [-0.25, -0.2) is 0 Å². The van der Waals surface area contributed by atoms with Crippen molar-refractivity contribution in [3.05, 3.63) is 0 Å². The lowest BCUT2D eigenvalue weighted by molar-refractivity contribution is -0.0180. The number of methoxy groups -OCH3 is 1. The zero-order valence-corrected chi connectivity index (χ0v) is 9.04. The zero-order valence-electron chi connectivity index (χ0n) is 9.04. The van der Waals surface area contributed by atoms with Gasteiger partial charge < -0.3 is 14.9 Å². The van der Waals surface area contributed by atoms with Crippen molar-refractivity contribution in [2.45, 2.75) is 32.1 Å². The summed E-state index contributed by atoms with van der Waals surface area (Å²) in [4.78, 5) is 0. The molecule has 0 saturated heterocycles. The Labute approximate surface area is 86.1 Å². The first-order valence-corrected chi connectivity index (χ1v) is 5.50. The topological polar surface area (TPSA) is 49.7 Å². The van der Waals surface area contributed by atoms with Crippen LogP contribution >= 0.6 is 0 Å². The quantitative estimate of drug-likeness (QED) is 0.680. The van der Waals surface area contributed by atoms with Crippen molar-refractivity contribution in [3.8, 4) is 0 Å². The van der Waals surface area contributed by atoms with E-state index in [0.717, 1.165) is 19.3 Å². The summed E-state index contributed by atoms with van der Waals surface area (Å²) in [5.74, 6) is 0.479. The van der Waals surface area contributed by atoms with E-state index in [1.807, 2.05) is 0 Å². The molecule has 0 aromatic heterocycles. The van der Waals surface area contributed by atoms with Gasteiger partial charge in [0.25, 0.3) is 0 Å². The number of ether oxygens (including phenoxy) is 1. The highest BCUT2D eigenvalue weighted by molar-refractivity contribution is 4.88. The van der Waals surface area contributed by atoms with Gasteiger partial charge in [0.2, 0.25) is 0 Å². The molecule has 0 aromatic carbocycles. The van der Waals surface area contributed by atoms with Crippen LogP contribution < -0.4 is 0 Å². The van der Waals surface area contributed by atoms with Crippen molar-refractivity contribution in [1.82, 2.24) is 0 Å². The molecule has 0 aromatic rings. The van der Waals surface area contributed by atoms with Crippen LogP contribution in [0.25, 0.3) is 0 Å². The molecule has 84 valence electrons. The minimum absolute atomic E-state index is 0.0809. The first-order valence-electron chi connectivity index (χ1n) is 5.50. The fourth-order valence-electron chi connectivity index (χ4n) is 2.51. The second kappa shape index (κ2) is 5.69. The second-order valence-corrected chi connectivity index (χ2v) is 4.40. The highest BCUT2D eigenvalue weighted by Crippen LogP contribution is 2.41. The average molecular weight is 202 g/mol. The Kier molecular flexibility index (Phi) is 4.85. The molecular formula is C11H22O3. The fraction of sp³-hybridized carbons (Fsp3) is 1.00. The summed E-state index contributed by atoms with van der Waals surface area (Å²) in [5.41, 5.74) is -0.299. The maximum absolute atomic E-state index is 9.45. The normalized spacial score (nSPS) is 19.1. The van der Waals surface area contributed by atoms with Crippen LogP contribution in [0.4, 0.5) is 0 Å². The molecule has 0 unspecified atom stereocenters. The molecule has 3 heteroatoms. The van der Waals surface area contributed by atoms with Gasteiger partial charge in [-0.1, -0.05) is 12.8 Å². The van der Waals surface area contributed by atoms with Gasteiger partial charge in [-0.3, -0.25) is 0 Å². The van der Waals surface area contributed by atoms with Crippen LogP contribution in [0.5, 0.6) is 0 Å². The van der Waals surface area contributed by atoms with Gasteiger partial charge in [0, 0.05) is 19.1 Å². The molecule has 1 saturated carbocycles. The molecule has 0 atom stereocenters. The molecule has 1 rings (SSSR count). The highest BCUT2D eigenvalue weighted by Gasteiger charge is 2.38. The number of rotatable bonds is 6. The second-order valence-electron chi connectivity index (χ2n) is 4.40. The molecule has 1 aliphatic rings. The van der Waals surface area contributed by atoms with E-state index >= 15 is 0 Å². The number of aliphatic hydroxyl groups excluding tert-OH is 2. The lowest BCUT2D eigenvalue weighted by Crippen LogP contribution is -2.38. The first kappa shape index (κ1) is 12.0. The molecule has 2 N–H and O–H groups in total. The number of aliphatic hydroxyl groups is 2. The zero-order chi connectivity index (χ0) is 10.4. The first-order chi connectivity index (χ1) is 6.79. The maximum Gasteiger partial charge on any atom is 0.0512 e. The third-order valence-corrected chi connectivity index (χ3v) is 3.66. The summed E-state index contributed by atoms with van der Waals surface area (Å²) in [6, 6.07) is 0. The van der Waals surface area contributed by atoms with Crippen LogP contribution in [0.15, 0.2) is 0 Å². The van der Waals surface area contributed by atoms with Crippen LogP contribution in [-0.2, 0) is 4.74 Å². The van der Waals surface area contributed by atoms with E-state index in [-0.39, 0.29) is 18.6 Å². The number of hydrogen-bond acceptors (Lipinski definition) is 3. The molecule has 0 spiro atoms. The molecule has 0 aliphatic heterocycles. The van der Waals surface area contributed by atoms with Crippen LogP contribution in [0.3, 0.4) is 0 Å². The summed E-state index contributed by atoms with van der Waals surface area (Å²) in [6.45, 7) is 0.784.